The highest BCUT2D eigenvalue weighted by Gasteiger charge is 2.08. The Labute approximate surface area is 103 Å². The van der Waals surface area contributed by atoms with Gasteiger partial charge in [-0.15, -0.1) is 10.2 Å². The fraction of sp³-hybridized carbons (Fsp3) is 0.273. The molecule has 2 aromatic heterocycles. The van der Waals surface area contributed by atoms with Crippen molar-refractivity contribution >= 4 is 5.97 Å². The van der Waals surface area contributed by atoms with E-state index in [1.165, 1.54) is 12.1 Å². The SMILES string of the molecule is CC(C)n1cc(Oc2ccc(C(=O)O)nn2)cn1. The first-order chi connectivity index (χ1) is 8.56. The van der Waals surface area contributed by atoms with Gasteiger partial charge in [-0.3, -0.25) is 4.68 Å². The normalized spacial score (nSPS) is 10.6. The van der Waals surface area contributed by atoms with Crippen molar-refractivity contribution in [3.63, 3.8) is 0 Å². The van der Waals surface area contributed by atoms with Crippen LogP contribution in [-0.4, -0.2) is 31.1 Å². The van der Waals surface area contributed by atoms with Crippen LogP contribution < -0.4 is 4.74 Å². The van der Waals surface area contributed by atoms with Crippen molar-refractivity contribution in [1.29, 1.82) is 0 Å². The van der Waals surface area contributed by atoms with E-state index in [2.05, 4.69) is 15.3 Å². The number of carboxylic acids is 1. The smallest absolute Gasteiger partial charge is 0.356 e. The summed E-state index contributed by atoms with van der Waals surface area (Å²) in [6.45, 7) is 4.00. The molecule has 0 atom stereocenters. The van der Waals surface area contributed by atoms with Crippen molar-refractivity contribution in [1.82, 2.24) is 20.0 Å². The fourth-order valence-electron chi connectivity index (χ4n) is 1.26. The number of hydrogen-bond acceptors (Lipinski definition) is 5. The molecule has 0 aromatic carbocycles. The van der Waals surface area contributed by atoms with E-state index in [9.17, 15) is 4.79 Å². The van der Waals surface area contributed by atoms with Gasteiger partial charge in [0.2, 0.25) is 5.88 Å². The lowest BCUT2D eigenvalue weighted by molar-refractivity contribution is 0.0689. The zero-order chi connectivity index (χ0) is 13.1. The van der Waals surface area contributed by atoms with Crippen molar-refractivity contribution in [2.45, 2.75) is 19.9 Å². The number of hydrogen-bond donors (Lipinski definition) is 1. The summed E-state index contributed by atoms with van der Waals surface area (Å²) in [4.78, 5) is 10.6. The summed E-state index contributed by atoms with van der Waals surface area (Å²) in [5.74, 6) is -0.369. The number of aromatic nitrogens is 4. The molecule has 0 radical (unpaired) electrons. The fourth-order valence-corrected chi connectivity index (χ4v) is 1.26. The molecular formula is C11H12N4O3. The third-order valence-electron chi connectivity index (χ3n) is 2.19. The molecule has 0 aliphatic rings. The maximum atomic E-state index is 10.6. The van der Waals surface area contributed by atoms with Gasteiger partial charge in [0, 0.05) is 12.1 Å². The standard InChI is InChI=1S/C11H12N4O3/c1-7(2)15-6-8(5-12-15)18-10-4-3-9(11(16)17)13-14-10/h3-7H,1-2H3,(H,16,17). The summed E-state index contributed by atoms with van der Waals surface area (Å²) in [7, 11) is 0. The van der Waals surface area contributed by atoms with Crippen LogP contribution in [0.15, 0.2) is 24.5 Å². The Hall–Kier alpha value is -2.44. The van der Waals surface area contributed by atoms with Crippen molar-refractivity contribution in [3.05, 3.63) is 30.2 Å². The molecule has 1 N–H and O–H groups in total. The predicted molar refractivity (Wildman–Crippen MR) is 61.7 cm³/mol. The van der Waals surface area contributed by atoms with Crippen LogP contribution in [0.4, 0.5) is 0 Å². The average molecular weight is 248 g/mol. The van der Waals surface area contributed by atoms with Gasteiger partial charge in [-0.1, -0.05) is 0 Å². The third-order valence-corrected chi connectivity index (χ3v) is 2.19. The second kappa shape index (κ2) is 4.82. The van der Waals surface area contributed by atoms with Crippen LogP contribution >= 0.6 is 0 Å². The Morgan fingerprint density at radius 3 is 2.67 bits per heavy atom. The molecule has 7 heteroatoms. The Balaban J connectivity index is 2.10. The maximum absolute atomic E-state index is 10.6. The van der Waals surface area contributed by atoms with Crippen molar-refractivity contribution in [2.75, 3.05) is 0 Å². The van der Waals surface area contributed by atoms with E-state index in [4.69, 9.17) is 9.84 Å². The molecule has 18 heavy (non-hydrogen) atoms. The van der Waals surface area contributed by atoms with Crippen molar-refractivity contribution < 1.29 is 14.6 Å². The summed E-state index contributed by atoms with van der Waals surface area (Å²) >= 11 is 0. The molecule has 0 amide bonds. The van der Waals surface area contributed by atoms with Gasteiger partial charge in [0.25, 0.3) is 0 Å². The maximum Gasteiger partial charge on any atom is 0.356 e. The number of nitrogens with zero attached hydrogens (tertiary/aromatic N) is 4. The largest absolute Gasteiger partial charge is 0.476 e. The Kier molecular flexibility index (Phi) is 3.22. The van der Waals surface area contributed by atoms with E-state index in [1.807, 2.05) is 13.8 Å². The Bertz CT molecular complexity index is 548. The monoisotopic (exact) mass is 248 g/mol. The van der Waals surface area contributed by atoms with Crippen LogP contribution in [0.5, 0.6) is 11.6 Å². The van der Waals surface area contributed by atoms with E-state index in [0.717, 1.165) is 0 Å². The zero-order valence-electron chi connectivity index (χ0n) is 9.94. The van der Waals surface area contributed by atoms with Gasteiger partial charge < -0.3 is 9.84 Å². The topological polar surface area (TPSA) is 90.1 Å². The first-order valence-corrected chi connectivity index (χ1v) is 5.35. The van der Waals surface area contributed by atoms with Gasteiger partial charge in [-0.25, -0.2) is 4.79 Å². The molecule has 94 valence electrons. The number of carbonyl (C=O) groups is 1. The summed E-state index contributed by atoms with van der Waals surface area (Å²) in [5, 5.41) is 20.0. The van der Waals surface area contributed by atoms with E-state index < -0.39 is 5.97 Å². The van der Waals surface area contributed by atoms with Gasteiger partial charge in [-0.2, -0.15) is 5.10 Å². The van der Waals surface area contributed by atoms with E-state index in [-0.39, 0.29) is 17.6 Å². The summed E-state index contributed by atoms with van der Waals surface area (Å²) in [5.41, 5.74) is -0.125. The molecule has 0 aliphatic heterocycles. The quantitative estimate of drug-likeness (QED) is 0.886. The van der Waals surface area contributed by atoms with Crippen LogP contribution in [0.1, 0.15) is 30.4 Å². The lowest BCUT2D eigenvalue weighted by Gasteiger charge is -2.03. The van der Waals surface area contributed by atoms with Crippen LogP contribution in [0.2, 0.25) is 0 Å². The number of rotatable bonds is 4. The average Bonchev–Trinajstić information content (AvgIpc) is 2.78. The number of ether oxygens (including phenoxy) is 1. The molecule has 2 aromatic rings. The second-order valence-electron chi connectivity index (χ2n) is 3.91. The molecule has 0 fully saturated rings. The molecular weight excluding hydrogens is 236 g/mol. The van der Waals surface area contributed by atoms with Gasteiger partial charge in [0.05, 0.1) is 12.4 Å². The highest BCUT2D eigenvalue weighted by molar-refractivity contribution is 5.84. The zero-order valence-corrected chi connectivity index (χ0v) is 9.94. The first kappa shape index (κ1) is 12.0. The lowest BCUT2D eigenvalue weighted by Crippen LogP contribution is -2.02. The molecule has 0 aliphatic carbocycles. The van der Waals surface area contributed by atoms with Crippen LogP contribution in [0, 0.1) is 0 Å². The Morgan fingerprint density at radius 2 is 2.17 bits per heavy atom. The minimum absolute atomic E-state index is 0.125. The molecule has 7 nitrogen and oxygen atoms in total. The number of aromatic carboxylic acids is 1. The van der Waals surface area contributed by atoms with Gasteiger partial charge >= 0.3 is 5.97 Å². The molecule has 2 rings (SSSR count). The summed E-state index contributed by atoms with van der Waals surface area (Å²) in [6.07, 6.45) is 3.30. The third kappa shape index (κ3) is 2.62. The van der Waals surface area contributed by atoms with Crippen LogP contribution in [0.25, 0.3) is 0 Å². The second-order valence-corrected chi connectivity index (χ2v) is 3.91. The van der Waals surface area contributed by atoms with Crippen LogP contribution in [0.3, 0.4) is 0 Å². The number of carboxylic acid groups (broad SMARTS) is 1. The molecule has 0 saturated heterocycles. The predicted octanol–water partition coefficient (Wildman–Crippen LogP) is 1.74. The molecule has 0 unspecified atom stereocenters. The van der Waals surface area contributed by atoms with Crippen molar-refractivity contribution in [2.24, 2.45) is 0 Å². The minimum atomic E-state index is -1.12. The highest BCUT2D eigenvalue weighted by atomic mass is 16.5. The van der Waals surface area contributed by atoms with Crippen molar-refractivity contribution in [3.8, 4) is 11.6 Å². The minimum Gasteiger partial charge on any atom is -0.476 e. The summed E-state index contributed by atoms with van der Waals surface area (Å²) in [6, 6.07) is 3.02. The molecule has 0 spiro atoms. The summed E-state index contributed by atoms with van der Waals surface area (Å²) < 4.78 is 7.14. The van der Waals surface area contributed by atoms with Crippen LogP contribution in [-0.2, 0) is 0 Å². The Morgan fingerprint density at radius 1 is 1.39 bits per heavy atom. The van der Waals surface area contributed by atoms with E-state index >= 15 is 0 Å². The molecule has 2 heterocycles. The molecule has 0 saturated carbocycles. The van der Waals surface area contributed by atoms with Gasteiger partial charge in [0.15, 0.2) is 11.4 Å². The molecule has 0 bridgehead atoms. The van der Waals surface area contributed by atoms with Gasteiger partial charge in [0.1, 0.15) is 0 Å². The van der Waals surface area contributed by atoms with Gasteiger partial charge in [-0.05, 0) is 19.9 Å². The highest BCUT2D eigenvalue weighted by Crippen LogP contribution is 2.19. The lowest BCUT2D eigenvalue weighted by atomic mass is 10.4. The van der Waals surface area contributed by atoms with E-state index in [0.29, 0.717) is 5.75 Å². The first-order valence-electron chi connectivity index (χ1n) is 5.35. The van der Waals surface area contributed by atoms with E-state index in [1.54, 1.807) is 17.1 Å².